The van der Waals surface area contributed by atoms with Crippen molar-refractivity contribution in [2.24, 2.45) is 0 Å². The average Bonchev–Trinajstić information content (AvgIpc) is 3.04. The summed E-state index contributed by atoms with van der Waals surface area (Å²) in [5, 5.41) is 126. The molecule has 13 N–H and O–H groups in total. The first-order chi connectivity index (χ1) is 22.1. The highest BCUT2D eigenvalue weighted by Crippen LogP contribution is 2.34. The molecule has 4 aliphatic rings. The van der Waals surface area contributed by atoms with Crippen LogP contribution in [0.1, 0.15) is 13.8 Å². The Balaban J connectivity index is 1.56. The van der Waals surface area contributed by atoms with Crippen molar-refractivity contribution in [1.29, 1.82) is 0 Å². The minimum atomic E-state index is -2.00. The Morgan fingerprint density at radius 3 is 1.64 bits per heavy atom. The van der Waals surface area contributed by atoms with Gasteiger partial charge in [-0.1, -0.05) is 0 Å². The van der Waals surface area contributed by atoms with Crippen LogP contribution in [0.4, 0.5) is 0 Å². The van der Waals surface area contributed by atoms with Gasteiger partial charge in [0.15, 0.2) is 25.2 Å². The molecule has 0 aromatic carbocycles. The summed E-state index contributed by atoms with van der Waals surface area (Å²) in [7, 11) is 0. The molecule has 274 valence electrons. The average molecular weight is 692 g/mol. The zero-order valence-electron chi connectivity index (χ0n) is 25.3. The van der Waals surface area contributed by atoms with E-state index in [0.29, 0.717) is 0 Å². The number of rotatable bonds is 10. The van der Waals surface area contributed by atoms with Gasteiger partial charge in [0, 0.05) is 6.92 Å². The number of amides is 1. The second-order valence-electron chi connectivity index (χ2n) is 11.9. The van der Waals surface area contributed by atoms with Gasteiger partial charge in [0.2, 0.25) is 5.91 Å². The second kappa shape index (κ2) is 16.2. The Kier molecular flexibility index (Phi) is 13.2. The highest BCUT2D eigenvalue weighted by molar-refractivity contribution is 5.73. The van der Waals surface area contributed by atoms with E-state index in [1.54, 1.807) is 0 Å². The summed E-state index contributed by atoms with van der Waals surface area (Å²) in [6, 6.07) is -1.56. The molecule has 20 atom stereocenters. The molecular formula is C26H45NO20. The lowest BCUT2D eigenvalue weighted by molar-refractivity contribution is -0.379. The molecule has 4 aliphatic heterocycles. The number of carbonyl (C=O) groups is 1. The third kappa shape index (κ3) is 8.04. The van der Waals surface area contributed by atoms with Gasteiger partial charge in [0.25, 0.3) is 0 Å². The third-order valence-corrected chi connectivity index (χ3v) is 8.57. The normalized spacial score (nSPS) is 51.0. The fourth-order valence-electron chi connectivity index (χ4n) is 5.89. The van der Waals surface area contributed by atoms with E-state index < -0.39 is 148 Å². The fraction of sp³-hybridized carbons (Fsp3) is 0.962. The summed E-state index contributed by atoms with van der Waals surface area (Å²) >= 11 is 0. The number of ether oxygens (including phenoxy) is 7. The summed E-state index contributed by atoms with van der Waals surface area (Å²) < 4.78 is 38.8. The summed E-state index contributed by atoms with van der Waals surface area (Å²) in [5.74, 6) is -0.724. The van der Waals surface area contributed by atoms with Crippen LogP contribution in [0.5, 0.6) is 0 Å². The summed E-state index contributed by atoms with van der Waals surface area (Å²) in [6.07, 6.45) is -32.0. The number of aliphatic hydroxyl groups is 12. The Labute approximate surface area is 267 Å². The highest BCUT2D eigenvalue weighted by atomic mass is 16.8. The number of hydrogen-bond donors (Lipinski definition) is 13. The van der Waals surface area contributed by atoms with Gasteiger partial charge in [-0.15, -0.1) is 0 Å². The van der Waals surface area contributed by atoms with E-state index in [1.165, 1.54) is 6.92 Å². The molecule has 0 bridgehead atoms. The molecule has 0 radical (unpaired) electrons. The lowest BCUT2D eigenvalue weighted by Crippen LogP contribution is -2.69. The first-order valence-electron chi connectivity index (χ1n) is 15.0. The van der Waals surface area contributed by atoms with E-state index in [-0.39, 0.29) is 0 Å². The first-order valence-corrected chi connectivity index (χ1v) is 15.0. The van der Waals surface area contributed by atoms with Crippen molar-refractivity contribution in [2.75, 3.05) is 19.8 Å². The largest absolute Gasteiger partial charge is 0.394 e. The molecule has 21 nitrogen and oxygen atoms in total. The van der Waals surface area contributed by atoms with Crippen LogP contribution in [-0.4, -0.2) is 210 Å². The zero-order chi connectivity index (χ0) is 34.9. The van der Waals surface area contributed by atoms with Gasteiger partial charge in [-0.05, 0) is 6.92 Å². The van der Waals surface area contributed by atoms with Gasteiger partial charge in [-0.3, -0.25) is 4.79 Å². The van der Waals surface area contributed by atoms with Crippen molar-refractivity contribution >= 4 is 5.91 Å². The summed E-state index contributed by atoms with van der Waals surface area (Å²) in [6.45, 7) is -0.0908. The van der Waals surface area contributed by atoms with E-state index >= 15 is 0 Å². The topological polar surface area (TPSA) is 336 Å². The van der Waals surface area contributed by atoms with Crippen LogP contribution in [0.3, 0.4) is 0 Å². The second-order valence-corrected chi connectivity index (χ2v) is 11.9. The zero-order valence-corrected chi connectivity index (χ0v) is 25.3. The van der Waals surface area contributed by atoms with Crippen LogP contribution in [0.25, 0.3) is 0 Å². The molecule has 0 saturated carbocycles. The molecule has 21 heteroatoms. The molecule has 0 aromatic heterocycles. The van der Waals surface area contributed by atoms with E-state index in [2.05, 4.69) is 5.32 Å². The van der Waals surface area contributed by atoms with E-state index in [9.17, 15) is 66.1 Å². The van der Waals surface area contributed by atoms with Gasteiger partial charge in [-0.25, -0.2) is 0 Å². The number of nitrogens with one attached hydrogen (secondary N) is 1. The lowest BCUT2D eigenvalue weighted by atomic mass is 9.94. The van der Waals surface area contributed by atoms with Gasteiger partial charge in [0.1, 0.15) is 91.5 Å². The fourth-order valence-corrected chi connectivity index (χ4v) is 5.89. The number of aliphatic hydroxyl groups excluding tert-OH is 12. The molecule has 4 rings (SSSR count). The van der Waals surface area contributed by atoms with Crippen molar-refractivity contribution < 1.29 is 99.2 Å². The van der Waals surface area contributed by atoms with Crippen LogP contribution in [-0.2, 0) is 38.0 Å². The minimum absolute atomic E-state index is 0.724. The monoisotopic (exact) mass is 691 g/mol. The molecule has 47 heavy (non-hydrogen) atoms. The van der Waals surface area contributed by atoms with Crippen molar-refractivity contribution in [3.05, 3.63) is 0 Å². The minimum Gasteiger partial charge on any atom is -0.394 e. The quantitative estimate of drug-likeness (QED) is 0.101. The molecule has 4 heterocycles. The van der Waals surface area contributed by atoms with Crippen LogP contribution >= 0.6 is 0 Å². The maximum absolute atomic E-state index is 12.1. The standard InChI is InChI=1S/C26H45NO20/c1-6-12(32)15(35)18(38)25(41-6)45-20-10(5-30)44-24(11(14(20)34)27-7(2)31)47-22-13(33)8(3-28)43-26(19(22)39)46-21-9(4-29)42-23(40)17(37)16(21)36/h6,8-26,28-30,32-40H,3-5H2,1-2H3,(H,27,31)/t6-,8+,9+,10+,11+,12+,13-,14+,15+,16+,17+,18-,19+,20+,21+,22-,23?,24-,25-,26-/m0/s1. The van der Waals surface area contributed by atoms with Gasteiger partial charge in [0.05, 0.1) is 25.9 Å². The Morgan fingerprint density at radius 2 is 1.06 bits per heavy atom. The first kappa shape index (κ1) is 38.5. The molecule has 0 aromatic rings. The predicted octanol–water partition coefficient (Wildman–Crippen LogP) is -8.58. The Morgan fingerprint density at radius 1 is 0.553 bits per heavy atom. The van der Waals surface area contributed by atoms with Crippen molar-refractivity contribution in [2.45, 2.75) is 137 Å². The Bertz CT molecular complexity index is 1010. The number of hydrogen-bond acceptors (Lipinski definition) is 20. The van der Waals surface area contributed by atoms with Crippen LogP contribution in [0, 0.1) is 0 Å². The maximum Gasteiger partial charge on any atom is 0.217 e. The van der Waals surface area contributed by atoms with Crippen LogP contribution < -0.4 is 5.32 Å². The molecule has 1 amide bonds. The van der Waals surface area contributed by atoms with E-state index in [0.717, 1.165) is 6.92 Å². The molecule has 4 saturated heterocycles. The van der Waals surface area contributed by atoms with Crippen molar-refractivity contribution in [1.82, 2.24) is 5.32 Å². The maximum atomic E-state index is 12.1. The summed E-state index contributed by atoms with van der Waals surface area (Å²) in [4.78, 5) is 12.1. The SMILES string of the molecule is CC(=O)N[C@H]1[C@H](O[C@H]2[C@@H](O)[C@@H](CO)O[C@@H](O[C@H]3[C@H](O)[C@@H](O)C(O)O[C@@H]3CO)[C@@H]2O)O[C@H](CO)[C@@H](O[C@@H]2O[C@@H](C)[C@@H](O)[C@@H](O)[C@@H]2O)[C@@H]1O. The molecule has 4 fully saturated rings. The molecule has 1 unspecified atom stereocenters. The van der Waals surface area contributed by atoms with Gasteiger partial charge >= 0.3 is 0 Å². The highest BCUT2D eigenvalue weighted by Gasteiger charge is 2.55. The molecule has 0 spiro atoms. The summed E-state index contributed by atoms with van der Waals surface area (Å²) in [5.41, 5.74) is 0. The van der Waals surface area contributed by atoms with E-state index in [1.807, 2.05) is 0 Å². The van der Waals surface area contributed by atoms with Crippen LogP contribution in [0.2, 0.25) is 0 Å². The van der Waals surface area contributed by atoms with Crippen molar-refractivity contribution in [3.63, 3.8) is 0 Å². The van der Waals surface area contributed by atoms with Gasteiger partial charge in [-0.2, -0.15) is 0 Å². The van der Waals surface area contributed by atoms with Crippen LogP contribution in [0.15, 0.2) is 0 Å². The predicted molar refractivity (Wildman–Crippen MR) is 144 cm³/mol. The lowest BCUT2D eigenvalue weighted by Gasteiger charge is -2.49. The molecular weight excluding hydrogens is 646 g/mol. The third-order valence-electron chi connectivity index (χ3n) is 8.57. The van der Waals surface area contributed by atoms with Gasteiger partial charge < -0.3 is 99.8 Å². The smallest absolute Gasteiger partial charge is 0.217 e. The molecule has 0 aliphatic carbocycles. The number of carbonyl (C=O) groups excluding carboxylic acids is 1. The van der Waals surface area contributed by atoms with E-state index in [4.69, 9.17) is 33.2 Å². The Hall–Kier alpha value is -1.29. The van der Waals surface area contributed by atoms with Crippen molar-refractivity contribution in [3.8, 4) is 0 Å².